The first-order valence-corrected chi connectivity index (χ1v) is 8.32. The zero-order chi connectivity index (χ0) is 14.9. The van der Waals surface area contributed by atoms with Crippen LogP contribution >= 0.6 is 15.9 Å². The van der Waals surface area contributed by atoms with Gasteiger partial charge in [-0.25, -0.2) is 4.39 Å². The third-order valence-electron chi connectivity index (χ3n) is 4.81. The van der Waals surface area contributed by atoms with E-state index in [0.29, 0.717) is 18.5 Å². The maximum absolute atomic E-state index is 13.6. The van der Waals surface area contributed by atoms with Gasteiger partial charge in [0.15, 0.2) is 0 Å². The first-order valence-electron chi connectivity index (χ1n) is 7.53. The Balaban J connectivity index is 1.48. The fraction of sp³-hybridized carbons (Fsp3) is 0.562. The lowest BCUT2D eigenvalue weighted by atomic mass is 9.92. The predicted octanol–water partition coefficient (Wildman–Crippen LogP) is 2.64. The van der Waals surface area contributed by atoms with E-state index in [4.69, 9.17) is 0 Å². The van der Waals surface area contributed by atoms with Crippen LogP contribution in [0.15, 0.2) is 22.7 Å². The fourth-order valence-corrected chi connectivity index (χ4v) is 3.78. The molecule has 21 heavy (non-hydrogen) atoms. The molecule has 3 rings (SSSR count). The van der Waals surface area contributed by atoms with Crippen LogP contribution in [0, 0.1) is 17.2 Å². The highest BCUT2D eigenvalue weighted by atomic mass is 79.9. The van der Waals surface area contributed by atoms with Crippen molar-refractivity contribution in [2.75, 3.05) is 19.6 Å². The van der Waals surface area contributed by atoms with Gasteiger partial charge in [-0.2, -0.15) is 0 Å². The number of carbonyl (C=O) groups excluding carboxylic acids is 1. The molecule has 5 heteroatoms. The van der Waals surface area contributed by atoms with E-state index < -0.39 is 0 Å². The average molecular weight is 355 g/mol. The summed E-state index contributed by atoms with van der Waals surface area (Å²) in [4.78, 5) is 12.2. The largest absolute Gasteiger partial charge is 0.356 e. The maximum atomic E-state index is 13.6. The highest BCUT2D eigenvalue weighted by Gasteiger charge is 2.57. The van der Waals surface area contributed by atoms with Crippen molar-refractivity contribution < 1.29 is 9.18 Å². The lowest BCUT2D eigenvalue weighted by Gasteiger charge is -2.23. The van der Waals surface area contributed by atoms with Crippen molar-refractivity contribution in [1.29, 1.82) is 0 Å². The number of rotatable bonds is 4. The van der Waals surface area contributed by atoms with E-state index >= 15 is 0 Å². The Hall–Kier alpha value is -0.940. The van der Waals surface area contributed by atoms with Crippen molar-refractivity contribution in [3.05, 3.63) is 34.1 Å². The quantitative estimate of drug-likeness (QED) is 0.872. The summed E-state index contributed by atoms with van der Waals surface area (Å²) < 4.78 is 14.5. The number of hydrogen-bond acceptors (Lipinski definition) is 2. The minimum atomic E-state index is -0.214. The van der Waals surface area contributed by atoms with Crippen molar-refractivity contribution >= 4 is 21.8 Å². The summed E-state index contributed by atoms with van der Waals surface area (Å²) in [5.74, 6) is 0.105. The van der Waals surface area contributed by atoms with Crippen molar-refractivity contribution in [2.45, 2.75) is 25.7 Å². The van der Waals surface area contributed by atoms with E-state index in [1.54, 1.807) is 12.1 Å². The molecule has 1 unspecified atom stereocenters. The number of nitrogens with one attached hydrogen (secondary N) is 2. The van der Waals surface area contributed by atoms with E-state index in [-0.39, 0.29) is 23.1 Å². The number of carbonyl (C=O) groups is 1. The van der Waals surface area contributed by atoms with E-state index in [9.17, 15) is 9.18 Å². The van der Waals surface area contributed by atoms with Crippen LogP contribution in [0.3, 0.4) is 0 Å². The van der Waals surface area contributed by atoms with Crippen LogP contribution in [0.5, 0.6) is 0 Å². The maximum Gasteiger partial charge on any atom is 0.223 e. The van der Waals surface area contributed by atoms with Crippen molar-refractivity contribution in [3.8, 4) is 0 Å². The van der Waals surface area contributed by atoms with Gasteiger partial charge in [0.1, 0.15) is 5.82 Å². The van der Waals surface area contributed by atoms with E-state index in [0.717, 1.165) is 36.8 Å². The second kappa shape index (κ2) is 6.05. The Kier molecular flexibility index (Phi) is 4.31. The Bertz CT molecular complexity index is 543. The van der Waals surface area contributed by atoms with Crippen molar-refractivity contribution in [3.63, 3.8) is 0 Å². The molecule has 1 aliphatic carbocycles. The van der Waals surface area contributed by atoms with Crippen LogP contribution in [0.2, 0.25) is 0 Å². The molecule has 1 aliphatic heterocycles. The SMILES string of the molecule is O=C(NCCc1cc(Br)ccc1F)C1CC12CCNCC2. The molecule has 1 atom stereocenters. The Labute approximate surface area is 132 Å². The molecule has 1 aromatic rings. The van der Waals surface area contributed by atoms with Gasteiger partial charge in [-0.15, -0.1) is 0 Å². The molecule has 0 bridgehead atoms. The third kappa shape index (κ3) is 3.29. The molecular weight excluding hydrogens is 335 g/mol. The summed E-state index contributed by atoms with van der Waals surface area (Å²) >= 11 is 3.34. The molecule has 2 aliphatic rings. The van der Waals surface area contributed by atoms with Crippen LogP contribution in [-0.2, 0) is 11.2 Å². The van der Waals surface area contributed by atoms with E-state index in [1.165, 1.54) is 6.07 Å². The van der Waals surface area contributed by atoms with Crippen LogP contribution < -0.4 is 10.6 Å². The van der Waals surface area contributed by atoms with Gasteiger partial charge in [0.25, 0.3) is 0 Å². The van der Waals surface area contributed by atoms with Gasteiger partial charge in [0.05, 0.1) is 0 Å². The summed E-state index contributed by atoms with van der Waals surface area (Å²) in [6, 6.07) is 4.90. The summed E-state index contributed by atoms with van der Waals surface area (Å²) in [5, 5.41) is 6.31. The minimum absolute atomic E-state index is 0.146. The molecular formula is C16H20BrFN2O. The molecule has 114 valence electrons. The molecule has 1 spiro atoms. The Morgan fingerprint density at radius 3 is 2.95 bits per heavy atom. The summed E-state index contributed by atoms with van der Waals surface area (Å²) in [5.41, 5.74) is 0.896. The molecule has 1 heterocycles. The number of halogens is 2. The normalized spacial score (nSPS) is 23.0. The lowest BCUT2D eigenvalue weighted by Crippen LogP contribution is -2.34. The number of amides is 1. The summed E-state index contributed by atoms with van der Waals surface area (Å²) in [6.07, 6.45) is 3.75. The molecule has 2 N–H and O–H groups in total. The number of benzene rings is 1. The lowest BCUT2D eigenvalue weighted by molar-refractivity contribution is -0.123. The van der Waals surface area contributed by atoms with Crippen molar-refractivity contribution in [1.82, 2.24) is 10.6 Å². The monoisotopic (exact) mass is 354 g/mol. The highest BCUT2D eigenvalue weighted by Crippen LogP contribution is 2.58. The summed E-state index contributed by atoms with van der Waals surface area (Å²) in [6.45, 7) is 2.54. The standard InChI is InChI=1S/C16H20BrFN2O/c17-12-1-2-14(18)11(9-12)3-6-20-15(21)13-10-16(13)4-7-19-8-5-16/h1-2,9,13,19H,3-8,10H2,(H,20,21). The van der Waals surface area contributed by atoms with Crippen LogP contribution in [-0.4, -0.2) is 25.5 Å². The molecule has 1 aromatic carbocycles. The van der Waals surface area contributed by atoms with Gasteiger partial charge >= 0.3 is 0 Å². The van der Waals surface area contributed by atoms with Crippen LogP contribution in [0.4, 0.5) is 4.39 Å². The summed E-state index contributed by atoms with van der Waals surface area (Å²) in [7, 11) is 0. The fourth-order valence-electron chi connectivity index (χ4n) is 3.37. The first-order chi connectivity index (χ1) is 10.1. The predicted molar refractivity (Wildman–Crippen MR) is 83.5 cm³/mol. The smallest absolute Gasteiger partial charge is 0.223 e. The molecule has 0 aromatic heterocycles. The Morgan fingerprint density at radius 1 is 1.43 bits per heavy atom. The minimum Gasteiger partial charge on any atom is -0.356 e. The number of piperidine rings is 1. The topological polar surface area (TPSA) is 41.1 Å². The van der Waals surface area contributed by atoms with E-state index in [1.807, 2.05) is 0 Å². The zero-order valence-electron chi connectivity index (χ0n) is 11.9. The van der Waals surface area contributed by atoms with Crippen LogP contribution in [0.25, 0.3) is 0 Å². The molecule has 1 saturated heterocycles. The van der Waals surface area contributed by atoms with Gasteiger partial charge in [0.2, 0.25) is 5.91 Å². The molecule has 1 saturated carbocycles. The molecule has 3 nitrogen and oxygen atoms in total. The highest BCUT2D eigenvalue weighted by molar-refractivity contribution is 9.10. The zero-order valence-corrected chi connectivity index (χ0v) is 13.5. The van der Waals surface area contributed by atoms with E-state index in [2.05, 4.69) is 26.6 Å². The second-order valence-corrected chi connectivity index (χ2v) is 7.06. The van der Waals surface area contributed by atoms with Gasteiger partial charge in [-0.05, 0) is 68.0 Å². The second-order valence-electron chi connectivity index (χ2n) is 6.15. The third-order valence-corrected chi connectivity index (χ3v) is 5.30. The van der Waals surface area contributed by atoms with Gasteiger partial charge in [-0.3, -0.25) is 4.79 Å². The van der Waals surface area contributed by atoms with Gasteiger partial charge in [-0.1, -0.05) is 15.9 Å². The molecule has 1 amide bonds. The first kappa shape index (κ1) is 15.0. The molecule has 0 radical (unpaired) electrons. The van der Waals surface area contributed by atoms with Gasteiger partial charge in [0, 0.05) is 16.9 Å². The number of hydrogen-bond donors (Lipinski definition) is 2. The van der Waals surface area contributed by atoms with Crippen molar-refractivity contribution in [2.24, 2.45) is 11.3 Å². The molecule has 2 fully saturated rings. The Morgan fingerprint density at radius 2 is 2.19 bits per heavy atom. The van der Waals surface area contributed by atoms with Crippen LogP contribution in [0.1, 0.15) is 24.8 Å². The average Bonchev–Trinajstić information content (AvgIpc) is 3.17. The van der Waals surface area contributed by atoms with Gasteiger partial charge < -0.3 is 10.6 Å².